The quantitative estimate of drug-likeness (QED) is 0.761. The number of likely N-dealkylation sites (N-methyl/N-ethyl adjacent to an activating group) is 1. The summed E-state index contributed by atoms with van der Waals surface area (Å²) >= 11 is 0. The van der Waals surface area contributed by atoms with Gasteiger partial charge in [-0.2, -0.15) is 0 Å². The first-order chi connectivity index (χ1) is 7.52. The second kappa shape index (κ2) is 5.67. The van der Waals surface area contributed by atoms with Gasteiger partial charge in [-0.15, -0.1) is 0 Å². The molecule has 1 amide bonds. The molecule has 0 fully saturated rings. The van der Waals surface area contributed by atoms with Crippen LogP contribution in [0.2, 0.25) is 0 Å². The fraction of sp³-hybridized carbons (Fsp3) is 0.545. The molecule has 1 heterocycles. The Labute approximate surface area is 95.0 Å². The molecule has 1 aromatic rings. The molecule has 0 aliphatic rings. The van der Waals surface area contributed by atoms with Crippen molar-refractivity contribution < 1.29 is 14.3 Å². The number of carbonyl (C=O) groups excluding carboxylic acids is 1. The minimum atomic E-state index is -0.987. The molecule has 5 nitrogen and oxygen atoms in total. The van der Waals surface area contributed by atoms with Gasteiger partial charge in [0.2, 0.25) is 5.91 Å². The first kappa shape index (κ1) is 12.7. The molecule has 0 spiro atoms. The Morgan fingerprint density at radius 2 is 2.31 bits per heavy atom. The number of nitrogens with zero attached hydrogens (tertiary/aromatic N) is 1. The molecule has 16 heavy (non-hydrogen) atoms. The van der Waals surface area contributed by atoms with E-state index in [1.165, 1.54) is 6.92 Å². The lowest BCUT2D eigenvalue weighted by atomic mass is 10.2. The highest BCUT2D eigenvalue weighted by molar-refractivity contribution is 5.79. The maximum Gasteiger partial charge on any atom is 0.248 e. The van der Waals surface area contributed by atoms with E-state index in [0.29, 0.717) is 6.54 Å². The topological polar surface area (TPSA) is 65.7 Å². The molecule has 0 saturated carbocycles. The van der Waals surface area contributed by atoms with E-state index in [4.69, 9.17) is 9.52 Å². The van der Waals surface area contributed by atoms with E-state index < -0.39 is 6.10 Å². The highest BCUT2D eigenvalue weighted by Crippen LogP contribution is 2.17. The Morgan fingerprint density at radius 3 is 2.75 bits per heavy atom. The van der Waals surface area contributed by atoms with E-state index in [1.807, 2.05) is 31.1 Å². The number of carbonyl (C=O) groups is 1. The number of hydrogen-bond acceptors (Lipinski definition) is 4. The van der Waals surface area contributed by atoms with Gasteiger partial charge in [-0.05, 0) is 33.2 Å². The Balaban J connectivity index is 2.57. The average Bonchev–Trinajstić information content (AvgIpc) is 2.70. The van der Waals surface area contributed by atoms with Gasteiger partial charge in [0.1, 0.15) is 11.9 Å². The van der Waals surface area contributed by atoms with Gasteiger partial charge in [-0.1, -0.05) is 0 Å². The third kappa shape index (κ3) is 3.36. The number of rotatable bonds is 5. The summed E-state index contributed by atoms with van der Waals surface area (Å²) in [6.07, 6.45) is 0.613. The molecule has 2 unspecified atom stereocenters. The van der Waals surface area contributed by atoms with Crippen molar-refractivity contribution in [3.8, 4) is 0 Å². The highest BCUT2D eigenvalue weighted by atomic mass is 16.3. The number of hydrogen-bond donors (Lipinski definition) is 2. The molecule has 0 aliphatic heterocycles. The molecular formula is C11H18N2O3. The zero-order valence-electron chi connectivity index (χ0n) is 9.80. The first-order valence-corrected chi connectivity index (χ1v) is 5.18. The largest absolute Gasteiger partial charge is 0.468 e. The monoisotopic (exact) mass is 226 g/mol. The minimum absolute atomic E-state index is 0.0299. The fourth-order valence-electron chi connectivity index (χ4n) is 1.36. The zero-order valence-corrected chi connectivity index (χ0v) is 9.80. The molecule has 0 bridgehead atoms. The second-order valence-electron chi connectivity index (χ2n) is 3.92. The van der Waals surface area contributed by atoms with Gasteiger partial charge in [0.15, 0.2) is 0 Å². The van der Waals surface area contributed by atoms with Crippen LogP contribution < -0.4 is 5.32 Å². The summed E-state index contributed by atoms with van der Waals surface area (Å²) in [5, 5.41) is 11.7. The van der Waals surface area contributed by atoms with Crippen molar-refractivity contribution in [2.45, 2.75) is 19.1 Å². The fourth-order valence-corrected chi connectivity index (χ4v) is 1.36. The third-order valence-electron chi connectivity index (χ3n) is 2.34. The number of aliphatic hydroxyl groups is 1. The SMILES string of the molecule is CC(O)C(=O)NCC(c1ccco1)N(C)C. The van der Waals surface area contributed by atoms with Crippen molar-refractivity contribution in [3.63, 3.8) is 0 Å². The van der Waals surface area contributed by atoms with Crippen LogP contribution in [-0.4, -0.2) is 42.7 Å². The molecule has 2 atom stereocenters. The van der Waals surface area contributed by atoms with Crippen LogP contribution in [0.5, 0.6) is 0 Å². The van der Waals surface area contributed by atoms with E-state index in [9.17, 15) is 4.79 Å². The maximum atomic E-state index is 11.2. The maximum absolute atomic E-state index is 11.2. The molecule has 1 aromatic heterocycles. The van der Waals surface area contributed by atoms with Crippen molar-refractivity contribution in [2.24, 2.45) is 0 Å². The number of furan rings is 1. The van der Waals surface area contributed by atoms with Crippen LogP contribution in [0, 0.1) is 0 Å². The van der Waals surface area contributed by atoms with Crippen LogP contribution in [0.15, 0.2) is 22.8 Å². The zero-order chi connectivity index (χ0) is 12.1. The molecular weight excluding hydrogens is 208 g/mol. The smallest absolute Gasteiger partial charge is 0.248 e. The molecule has 0 aromatic carbocycles. The van der Waals surface area contributed by atoms with Crippen LogP contribution >= 0.6 is 0 Å². The predicted molar refractivity (Wildman–Crippen MR) is 59.8 cm³/mol. The summed E-state index contributed by atoms with van der Waals surface area (Å²) in [5.74, 6) is 0.411. The molecule has 90 valence electrons. The Morgan fingerprint density at radius 1 is 1.62 bits per heavy atom. The van der Waals surface area contributed by atoms with Crippen molar-refractivity contribution in [1.29, 1.82) is 0 Å². The van der Waals surface area contributed by atoms with Crippen LogP contribution in [0.1, 0.15) is 18.7 Å². The molecule has 0 saturated heterocycles. The van der Waals surface area contributed by atoms with E-state index in [0.717, 1.165) is 5.76 Å². The average molecular weight is 226 g/mol. The van der Waals surface area contributed by atoms with Gasteiger partial charge in [-0.25, -0.2) is 0 Å². The first-order valence-electron chi connectivity index (χ1n) is 5.18. The Kier molecular flexibility index (Phi) is 4.52. The normalized spacial score (nSPS) is 14.8. The summed E-state index contributed by atoms with van der Waals surface area (Å²) in [7, 11) is 3.81. The predicted octanol–water partition coefficient (Wildman–Crippen LogP) is 0.379. The Bertz CT molecular complexity index is 320. The number of nitrogens with one attached hydrogen (secondary N) is 1. The molecule has 0 aliphatic carbocycles. The van der Waals surface area contributed by atoms with E-state index in [-0.39, 0.29) is 11.9 Å². The van der Waals surface area contributed by atoms with Gasteiger partial charge in [0.25, 0.3) is 0 Å². The summed E-state index contributed by atoms with van der Waals surface area (Å²) in [6.45, 7) is 1.84. The molecule has 5 heteroatoms. The van der Waals surface area contributed by atoms with E-state index in [2.05, 4.69) is 5.32 Å². The summed E-state index contributed by atoms with van der Waals surface area (Å²) in [4.78, 5) is 13.2. The van der Waals surface area contributed by atoms with Crippen LogP contribution in [0.4, 0.5) is 0 Å². The summed E-state index contributed by atoms with van der Waals surface area (Å²) < 4.78 is 5.29. The summed E-state index contributed by atoms with van der Waals surface area (Å²) in [5.41, 5.74) is 0. The van der Waals surface area contributed by atoms with Gasteiger partial charge < -0.3 is 14.8 Å². The third-order valence-corrected chi connectivity index (χ3v) is 2.34. The standard InChI is InChI=1S/C11H18N2O3/c1-8(14)11(15)12-7-9(13(2)3)10-5-4-6-16-10/h4-6,8-9,14H,7H2,1-3H3,(H,12,15). The second-order valence-corrected chi connectivity index (χ2v) is 3.92. The number of amides is 1. The molecule has 1 rings (SSSR count). The van der Waals surface area contributed by atoms with Gasteiger partial charge in [0.05, 0.1) is 12.3 Å². The van der Waals surface area contributed by atoms with Crippen LogP contribution in [0.3, 0.4) is 0 Å². The van der Waals surface area contributed by atoms with Gasteiger partial charge >= 0.3 is 0 Å². The minimum Gasteiger partial charge on any atom is -0.468 e. The van der Waals surface area contributed by atoms with E-state index >= 15 is 0 Å². The Hall–Kier alpha value is -1.33. The van der Waals surface area contributed by atoms with E-state index in [1.54, 1.807) is 6.26 Å². The van der Waals surface area contributed by atoms with Gasteiger partial charge in [0, 0.05) is 6.54 Å². The lowest BCUT2D eigenvalue weighted by molar-refractivity contribution is -0.128. The van der Waals surface area contributed by atoms with Crippen LogP contribution in [-0.2, 0) is 4.79 Å². The molecule has 2 N–H and O–H groups in total. The molecule has 0 radical (unpaired) electrons. The van der Waals surface area contributed by atoms with Crippen molar-refractivity contribution in [1.82, 2.24) is 10.2 Å². The highest BCUT2D eigenvalue weighted by Gasteiger charge is 2.18. The van der Waals surface area contributed by atoms with Gasteiger partial charge in [-0.3, -0.25) is 9.69 Å². The van der Waals surface area contributed by atoms with Crippen molar-refractivity contribution in [2.75, 3.05) is 20.6 Å². The van der Waals surface area contributed by atoms with Crippen molar-refractivity contribution >= 4 is 5.91 Å². The lowest BCUT2D eigenvalue weighted by Gasteiger charge is -2.22. The van der Waals surface area contributed by atoms with Crippen LogP contribution in [0.25, 0.3) is 0 Å². The summed E-state index contributed by atoms with van der Waals surface area (Å²) in [6, 6.07) is 3.64. The lowest BCUT2D eigenvalue weighted by Crippen LogP contribution is -2.38. The number of aliphatic hydroxyl groups excluding tert-OH is 1. The van der Waals surface area contributed by atoms with Crippen molar-refractivity contribution in [3.05, 3.63) is 24.2 Å².